The summed E-state index contributed by atoms with van der Waals surface area (Å²) < 4.78 is 34.8. The van der Waals surface area contributed by atoms with Crippen LogP contribution in [0.2, 0.25) is 5.02 Å². The predicted octanol–water partition coefficient (Wildman–Crippen LogP) is 5.34. The van der Waals surface area contributed by atoms with Gasteiger partial charge in [0.05, 0.1) is 55.2 Å². The lowest BCUT2D eigenvalue weighted by atomic mass is 10.1. The minimum absolute atomic E-state index is 0.0500. The lowest BCUT2D eigenvalue weighted by Crippen LogP contribution is -2.17. The van der Waals surface area contributed by atoms with E-state index in [9.17, 15) is 10.1 Å². The number of rotatable bonds is 17. The first-order valence-electron chi connectivity index (χ1n) is 13.5. The molecule has 0 amide bonds. The first-order valence-corrected chi connectivity index (χ1v) is 17.8. The van der Waals surface area contributed by atoms with Gasteiger partial charge in [-0.05, 0) is 38.7 Å². The van der Waals surface area contributed by atoms with Crippen LogP contribution >= 0.6 is 33.4 Å². The number of halogens is 1. The van der Waals surface area contributed by atoms with Crippen LogP contribution in [0.5, 0.6) is 11.5 Å². The molecular weight excluding hydrogens is 616 g/mol. The summed E-state index contributed by atoms with van der Waals surface area (Å²) >= 11 is 7.93. The van der Waals surface area contributed by atoms with Crippen molar-refractivity contribution in [3.05, 3.63) is 28.9 Å². The normalized spacial score (nSPS) is 12.6. The van der Waals surface area contributed by atoms with Gasteiger partial charge in [-0.1, -0.05) is 23.4 Å². The van der Waals surface area contributed by atoms with Crippen molar-refractivity contribution in [2.24, 2.45) is 0 Å². The molecule has 1 atom stereocenters. The number of thioether (sulfide) groups is 1. The van der Waals surface area contributed by atoms with Crippen molar-refractivity contribution < 1.29 is 33.2 Å². The Balaban J connectivity index is 2.13. The third-order valence-electron chi connectivity index (χ3n) is 6.03. The molecule has 43 heavy (non-hydrogen) atoms. The van der Waals surface area contributed by atoms with Gasteiger partial charge in [0.2, 0.25) is 0 Å². The molecule has 3 rings (SSSR count). The van der Waals surface area contributed by atoms with Gasteiger partial charge in [0.15, 0.2) is 23.4 Å². The third kappa shape index (κ3) is 9.63. The van der Waals surface area contributed by atoms with Gasteiger partial charge in [-0.15, -0.1) is 0 Å². The van der Waals surface area contributed by atoms with E-state index in [0.717, 1.165) is 17.5 Å². The highest BCUT2D eigenvalue weighted by molar-refractivity contribution is 8.32. The van der Waals surface area contributed by atoms with E-state index in [0.29, 0.717) is 69.4 Å². The molecule has 1 aromatic carbocycles. The van der Waals surface area contributed by atoms with Gasteiger partial charge >= 0.3 is 5.97 Å². The Morgan fingerprint density at radius 1 is 1.14 bits per heavy atom. The number of aromatic nitrogens is 3. The van der Waals surface area contributed by atoms with Crippen LogP contribution in [0, 0.1) is 11.3 Å². The van der Waals surface area contributed by atoms with Crippen LogP contribution in [-0.4, -0.2) is 97.7 Å². The fraction of sp³-hybridized carbons (Fsp3) is 0.517. The summed E-state index contributed by atoms with van der Waals surface area (Å²) in [5.41, 5.74) is 1.71. The number of carbonyl (C=O) groups excluding carboxylic acids is 1. The molecule has 236 valence electrons. The standard InChI is InChI=1S/C29H39ClN4O7S2/c1-8-40-28(35)19(2)42-29-32-26(21-13-24(23(37-4)14-22(21)30)41-18-39-10-9-36-3)25-20(15-31)16-34(27(25)33-29)17-38-11-12-43(5,6)7/h13-14,16,19H,8-12,17-18H2,1-7H3. The van der Waals surface area contributed by atoms with E-state index in [4.69, 9.17) is 50.0 Å². The van der Waals surface area contributed by atoms with Gasteiger partial charge in [-0.2, -0.15) is 5.26 Å². The number of fused-ring (bicyclic) bond motifs is 1. The van der Waals surface area contributed by atoms with Crippen molar-refractivity contribution in [1.82, 2.24) is 14.5 Å². The first kappa shape index (κ1) is 34.8. The van der Waals surface area contributed by atoms with Gasteiger partial charge in [0.1, 0.15) is 23.7 Å². The van der Waals surface area contributed by atoms with Crippen LogP contribution < -0.4 is 9.47 Å². The van der Waals surface area contributed by atoms with Crippen molar-refractivity contribution >= 4 is 50.4 Å². The second-order valence-electron chi connectivity index (χ2n) is 10.2. The highest BCUT2D eigenvalue weighted by Gasteiger charge is 2.24. The van der Waals surface area contributed by atoms with Crippen molar-refractivity contribution in [3.8, 4) is 28.8 Å². The quantitative estimate of drug-likeness (QED) is 0.0615. The summed E-state index contributed by atoms with van der Waals surface area (Å²) in [6.45, 7) is 5.21. The Labute approximate surface area is 263 Å². The predicted molar refractivity (Wildman–Crippen MR) is 171 cm³/mol. The monoisotopic (exact) mass is 654 g/mol. The summed E-state index contributed by atoms with van der Waals surface area (Å²) in [7, 11) is 2.36. The molecule has 2 aromatic heterocycles. The number of nitriles is 1. The number of esters is 1. The molecule has 1 unspecified atom stereocenters. The molecule has 0 N–H and O–H groups in total. The van der Waals surface area contributed by atoms with Crippen LogP contribution in [0.3, 0.4) is 0 Å². The topological polar surface area (TPSA) is 127 Å². The Morgan fingerprint density at radius 2 is 1.91 bits per heavy atom. The first-order chi connectivity index (χ1) is 20.5. The van der Waals surface area contributed by atoms with E-state index >= 15 is 0 Å². The van der Waals surface area contributed by atoms with Gasteiger partial charge in [0, 0.05) is 30.7 Å². The van der Waals surface area contributed by atoms with Crippen LogP contribution in [0.15, 0.2) is 23.5 Å². The molecule has 3 aromatic rings. The zero-order valence-corrected chi connectivity index (χ0v) is 28.0. The van der Waals surface area contributed by atoms with Gasteiger partial charge < -0.3 is 33.0 Å². The summed E-state index contributed by atoms with van der Waals surface area (Å²) in [5, 5.41) is 10.7. The molecule has 0 saturated carbocycles. The second kappa shape index (κ2) is 16.4. The molecule has 0 aliphatic carbocycles. The van der Waals surface area contributed by atoms with Crippen LogP contribution in [-0.2, 0) is 30.5 Å². The summed E-state index contributed by atoms with van der Waals surface area (Å²) in [5.74, 6) is 1.32. The molecule has 0 bridgehead atoms. The molecule has 0 aliphatic heterocycles. The van der Waals surface area contributed by atoms with E-state index in [1.807, 2.05) is 0 Å². The van der Waals surface area contributed by atoms with Crippen LogP contribution in [0.4, 0.5) is 0 Å². The summed E-state index contributed by atoms with van der Waals surface area (Å²) in [6.07, 6.45) is 8.37. The highest BCUT2D eigenvalue weighted by Crippen LogP contribution is 2.42. The molecule has 0 aliphatic rings. The molecule has 0 saturated heterocycles. The third-order valence-corrected chi connectivity index (χ3v) is 8.67. The Kier molecular flexibility index (Phi) is 13.2. The zero-order valence-electron chi connectivity index (χ0n) is 25.6. The van der Waals surface area contributed by atoms with E-state index in [1.54, 1.807) is 43.9 Å². The molecule has 2 heterocycles. The van der Waals surface area contributed by atoms with E-state index < -0.39 is 15.3 Å². The number of methoxy groups -OCH3 is 2. The van der Waals surface area contributed by atoms with Crippen LogP contribution in [0.1, 0.15) is 19.4 Å². The van der Waals surface area contributed by atoms with Gasteiger partial charge in [-0.25, -0.2) is 20.0 Å². The van der Waals surface area contributed by atoms with Crippen LogP contribution in [0.25, 0.3) is 22.3 Å². The molecule has 0 fully saturated rings. The zero-order chi connectivity index (χ0) is 31.6. The van der Waals surface area contributed by atoms with Gasteiger partial charge in [0.25, 0.3) is 0 Å². The Bertz CT molecular complexity index is 1440. The van der Waals surface area contributed by atoms with Crippen molar-refractivity contribution in [3.63, 3.8) is 0 Å². The summed E-state index contributed by atoms with van der Waals surface area (Å²) in [4.78, 5) is 22.0. The number of ether oxygens (including phenoxy) is 6. The molecular formula is C29H39ClN4O7S2. The Hall–Kier alpha value is -2.73. The average Bonchev–Trinajstić information content (AvgIpc) is 3.32. The lowest BCUT2D eigenvalue weighted by Gasteiger charge is -2.24. The highest BCUT2D eigenvalue weighted by atomic mass is 35.5. The lowest BCUT2D eigenvalue weighted by molar-refractivity contribution is -0.142. The largest absolute Gasteiger partial charge is 0.493 e. The van der Waals surface area contributed by atoms with Crippen molar-refractivity contribution in [2.75, 3.05) is 72.0 Å². The molecule has 0 radical (unpaired) electrons. The number of carbonyl (C=O) groups is 1. The number of nitrogens with zero attached hydrogens (tertiary/aromatic N) is 4. The molecule has 14 heteroatoms. The Morgan fingerprint density at radius 3 is 2.56 bits per heavy atom. The fourth-order valence-corrected chi connectivity index (χ4v) is 5.45. The SMILES string of the molecule is CCOC(=O)C(C)Sc1nc(-c2cc(OCOCCOC)c(OC)cc2Cl)c2c(C#N)cn(COCCS(C)(C)C)c2n1. The smallest absolute Gasteiger partial charge is 0.319 e. The maximum atomic E-state index is 12.4. The average molecular weight is 655 g/mol. The van der Waals surface area contributed by atoms with Crippen molar-refractivity contribution in [2.45, 2.75) is 31.0 Å². The van der Waals surface area contributed by atoms with E-state index in [1.165, 1.54) is 7.11 Å². The van der Waals surface area contributed by atoms with E-state index in [2.05, 4.69) is 24.8 Å². The minimum atomic E-state index is -0.734. The van der Waals surface area contributed by atoms with Crippen molar-refractivity contribution in [1.29, 1.82) is 5.26 Å². The second-order valence-corrected chi connectivity index (χ2v) is 16.5. The summed E-state index contributed by atoms with van der Waals surface area (Å²) in [6, 6.07) is 5.56. The van der Waals surface area contributed by atoms with E-state index in [-0.39, 0.29) is 26.1 Å². The number of hydrogen-bond acceptors (Lipinski definition) is 11. The number of benzene rings is 1. The maximum Gasteiger partial charge on any atom is 0.319 e. The van der Waals surface area contributed by atoms with Gasteiger partial charge in [-0.3, -0.25) is 4.79 Å². The number of hydrogen-bond donors (Lipinski definition) is 0. The molecule has 11 nitrogen and oxygen atoms in total. The maximum absolute atomic E-state index is 12.4. The minimum Gasteiger partial charge on any atom is -0.493 e. The molecule has 0 spiro atoms. The fourth-order valence-electron chi connectivity index (χ4n) is 3.83.